The van der Waals surface area contributed by atoms with Crippen LogP contribution < -0.4 is 4.74 Å². The van der Waals surface area contributed by atoms with Crippen molar-refractivity contribution in [3.63, 3.8) is 0 Å². The average molecular weight is 512 g/mol. The Kier molecular flexibility index (Phi) is 6.64. The minimum atomic E-state index is -4.53. The van der Waals surface area contributed by atoms with Crippen LogP contribution in [0, 0.1) is 25.2 Å². The second-order valence-corrected chi connectivity index (χ2v) is 9.26. The van der Waals surface area contributed by atoms with Gasteiger partial charge in [-0.3, -0.25) is 4.68 Å². The van der Waals surface area contributed by atoms with E-state index < -0.39 is 11.7 Å². The van der Waals surface area contributed by atoms with Crippen molar-refractivity contribution in [1.82, 2.24) is 9.78 Å². The largest absolute Gasteiger partial charge is 0.489 e. The summed E-state index contributed by atoms with van der Waals surface area (Å²) in [5, 5.41) is 14.0. The SMILES string of the molecule is Cc1ccc(Cn2nc3c(C(F)(F)F)cccc3c2-c2cccc(OCc3cccc(C#N)c3)c2)c(C)c1. The molecule has 4 nitrogen and oxygen atoms in total. The van der Waals surface area contributed by atoms with E-state index in [1.165, 1.54) is 6.07 Å². The van der Waals surface area contributed by atoms with Gasteiger partial charge in [0.2, 0.25) is 0 Å². The van der Waals surface area contributed by atoms with Crippen molar-refractivity contribution >= 4 is 10.9 Å². The molecule has 0 bridgehead atoms. The van der Waals surface area contributed by atoms with Crippen LogP contribution in [-0.4, -0.2) is 9.78 Å². The number of fused-ring (bicyclic) bond motifs is 1. The standard InChI is InChI=1S/C31H24F3N3O/c1-20-12-13-25(21(2)14-20)18-37-30(27-10-5-11-28(29(27)36-37)31(32,33)34)24-8-4-9-26(16-24)38-19-23-7-3-6-22(15-23)17-35/h3-16H,18-19H2,1-2H3. The first-order valence-electron chi connectivity index (χ1n) is 12.1. The zero-order chi connectivity index (χ0) is 26.9. The highest BCUT2D eigenvalue weighted by Gasteiger charge is 2.34. The van der Waals surface area contributed by atoms with Crippen molar-refractivity contribution in [2.75, 3.05) is 0 Å². The molecular weight excluding hydrogens is 487 g/mol. The number of hydrogen-bond acceptors (Lipinski definition) is 3. The first-order valence-corrected chi connectivity index (χ1v) is 12.1. The number of rotatable bonds is 6. The Hall–Kier alpha value is -4.57. The number of aromatic nitrogens is 2. The number of alkyl halides is 3. The number of benzene rings is 4. The van der Waals surface area contributed by atoms with Crippen molar-refractivity contribution in [3.05, 3.63) is 118 Å². The van der Waals surface area contributed by atoms with E-state index in [0.717, 1.165) is 28.3 Å². The van der Waals surface area contributed by atoms with Gasteiger partial charge < -0.3 is 4.74 Å². The molecule has 0 aliphatic heterocycles. The van der Waals surface area contributed by atoms with Crippen molar-refractivity contribution in [2.24, 2.45) is 0 Å². The molecule has 0 fully saturated rings. The Morgan fingerprint density at radius 3 is 2.47 bits per heavy atom. The highest BCUT2D eigenvalue weighted by Crippen LogP contribution is 2.39. The third-order valence-corrected chi connectivity index (χ3v) is 6.46. The predicted molar refractivity (Wildman–Crippen MR) is 141 cm³/mol. The van der Waals surface area contributed by atoms with Gasteiger partial charge in [0.05, 0.1) is 29.4 Å². The summed E-state index contributed by atoms with van der Waals surface area (Å²) in [4.78, 5) is 0. The molecule has 0 saturated heterocycles. The maximum Gasteiger partial charge on any atom is 0.418 e. The van der Waals surface area contributed by atoms with Gasteiger partial charge in [0, 0.05) is 10.9 Å². The number of halogens is 3. The maximum absolute atomic E-state index is 13.9. The third kappa shape index (κ3) is 5.12. The second kappa shape index (κ2) is 10.1. The summed E-state index contributed by atoms with van der Waals surface area (Å²) in [5.74, 6) is 0.559. The van der Waals surface area contributed by atoms with Gasteiger partial charge in [-0.25, -0.2) is 0 Å². The lowest BCUT2D eigenvalue weighted by Gasteiger charge is -2.13. The molecule has 7 heteroatoms. The second-order valence-electron chi connectivity index (χ2n) is 9.26. The lowest BCUT2D eigenvalue weighted by molar-refractivity contribution is -0.136. The van der Waals surface area contributed by atoms with Crippen LogP contribution in [0.4, 0.5) is 13.2 Å². The molecule has 0 N–H and O–H groups in total. The minimum absolute atomic E-state index is 0.0839. The van der Waals surface area contributed by atoms with Gasteiger partial charge in [0.25, 0.3) is 0 Å². The third-order valence-electron chi connectivity index (χ3n) is 6.46. The fourth-order valence-corrected chi connectivity index (χ4v) is 4.61. The van der Waals surface area contributed by atoms with Crippen LogP contribution in [0.3, 0.4) is 0 Å². The van der Waals surface area contributed by atoms with Crippen LogP contribution in [0.1, 0.15) is 33.4 Å². The molecule has 1 aromatic heterocycles. The molecule has 0 amide bonds. The van der Waals surface area contributed by atoms with Crippen LogP contribution in [0.25, 0.3) is 22.2 Å². The van der Waals surface area contributed by atoms with Gasteiger partial charge in [0.1, 0.15) is 17.9 Å². The van der Waals surface area contributed by atoms with Gasteiger partial charge >= 0.3 is 6.18 Å². The van der Waals surface area contributed by atoms with Crippen LogP contribution in [0.15, 0.2) is 84.9 Å². The van der Waals surface area contributed by atoms with Crippen LogP contribution in [0.5, 0.6) is 5.75 Å². The Balaban J connectivity index is 1.58. The molecule has 38 heavy (non-hydrogen) atoms. The van der Waals surface area contributed by atoms with Crippen molar-refractivity contribution in [2.45, 2.75) is 33.2 Å². The molecule has 0 aliphatic rings. The molecule has 1 heterocycles. The summed E-state index contributed by atoms with van der Waals surface area (Å²) in [7, 11) is 0. The van der Waals surface area contributed by atoms with Gasteiger partial charge in [-0.1, -0.05) is 60.2 Å². The summed E-state index contributed by atoms with van der Waals surface area (Å²) >= 11 is 0. The zero-order valence-corrected chi connectivity index (χ0v) is 20.9. The van der Waals surface area contributed by atoms with Gasteiger partial charge in [0.15, 0.2) is 0 Å². The summed E-state index contributed by atoms with van der Waals surface area (Å²) in [5.41, 5.74) is 4.95. The van der Waals surface area contributed by atoms with Crippen LogP contribution >= 0.6 is 0 Å². The summed E-state index contributed by atoms with van der Waals surface area (Å²) in [6.07, 6.45) is -4.53. The summed E-state index contributed by atoms with van der Waals surface area (Å²) < 4.78 is 49.3. The molecular formula is C31H24F3N3O. The van der Waals surface area contributed by atoms with E-state index in [1.807, 2.05) is 50.2 Å². The number of ether oxygens (including phenoxy) is 1. The van der Waals surface area contributed by atoms with E-state index in [-0.39, 0.29) is 12.1 Å². The molecule has 0 aliphatic carbocycles. The van der Waals surface area contributed by atoms with Crippen LogP contribution in [-0.2, 0) is 19.3 Å². The fraction of sp³-hybridized carbons (Fsp3) is 0.161. The summed E-state index contributed by atoms with van der Waals surface area (Å²) in [6, 6.07) is 26.7. The molecule has 4 aromatic carbocycles. The quantitative estimate of drug-likeness (QED) is 0.233. The first kappa shape index (κ1) is 25.1. The van der Waals surface area contributed by atoms with Crippen molar-refractivity contribution in [3.8, 4) is 23.1 Å². The maximum atomic E-state index is 13.9. The molecule has 0 atom stereocenters. The minimum Gasteiger partial charge on any atom is -0.489 e. The highest BCUT2D eigenvalue weighted by atomic mass is 19.4. The molecule has 5 aromatic rings. The monoisotopic (exact) mass is 511 g/mol. The number of nitrogens with zero attached hydrogens (tertiary/aromatic N) is 3. The van der Waals surface area contributed by atoms with E-state index in [0.29, 0.717) is 34.5 Å². The summed E-state index contributed by atoms with van der Waals surface area (Å²) in [6.45, 7) is 4.56. The highest BCUT2D eigenvalue weighted by molar-refractivity contribution is 5.95. The normalized spacial score (nSPS) is 11.5. The molecule has 0 radical (unpaired) electrons. The molecule has 0 spiro atoms. The van der Waals surface area contributed by atoms with E-state index in [1.54, 1.807) is 35.0 Å². The van der Waals surface area contributed by atoms with Crippen molar-refractivity contribution < 1.29 is 17.9 Å². The van der Waals surface area contributed by atoms with E-state index >= 15 is 0 Å². The average Bonchev–Trinajstić information content (AvgIpc) is 3.26. The Labute approximate surface area is 218 Å². The van der Waals surface area contributed by atoms with E-state index in [9.17, 15) is 13.2 Å². The Morgan fingerprint density at radius 2 is 1.71 bits per heavy atom. The lowest BCUT2D eigenvalue weighted by Crippen LogP contribution is -2.07. The fourth-order valence-electron chi connectivity index (χ4n) is 4.61. The number of aryl methyl sites for hydroxylation is 2. The van der Waals surface area contributed by atoms with Gasteiger partial charge in [-0.2, -0.15) is 23.5 Å². The van der Waals surface area contributed by atoms with Crippen LogP contribution in [0.2, 0.25) is 0 Å². The van der Waals surface area contributed by atoms with Gasteiger partial charge in [-0.05, 0) is 60.9 Å². The smallest absolute Gasteiger partial charge is 0.418 e. The van der Waals surface area contributed by atoms with Gasteiger partial charge in [-0.15, -0.1) is 0 Å². The van der Waals surface area contributed by atoms with Crippen molar-refractivity contribution in [1.29, 1.82) is 5.26 Å². The molecule has 190 valence electrons. The van der Waals surface area contributed by atoms with E-state index in [4.69, 9.17) is 10.00 Å². The molecule has 0 unspecified atom stereocenters. The Bertz CT molecular complexity index is 1680. The Morgan fingerprint density at radius 1 is 0.921 bits per heavy atom. The van der Waals surface area contributed by atoms with E-state index in [2.05, 4.69) is 17.2 Å². The topological polar surface area (TPSA) is 50.8 Å². The zero-order valence-electron chi connectivity index (χ0n) is 20.9. The molecule has 0 saturated carbocycles. The predicted octanol–water partition coefficient (Wildman–Crippen LogP) is 7.84. The molecule has 5 rings (SSSR count). The number of hydrogen-bond donors (Lipinski definition) is 0. The lowest BCUT2D eigenvalue weighted by atomic mass is 10.0. The first-order chi connectivity index (χ1) is 18.2. The number of nitriles is 1.